The smallest absolute Gasteiger partial charge is 0.264 e. The van der Waals surface area contributed by atoms with Gasteiger partial charge >= 0.3 is 0 Å². The van der Waals surface area contributed by atoms with Crippen molar-refractivity contribution >= 4 is 39.1 Å². The van der Waals surface area contributed by atoms with Crippen molar-refractivity contribution < 1.29 is 22.7 Å². The fourth-order valence-electron chi connectivity index (χ4n) is 2.71. The second-order valence-corrected chi connectivity index (χ2v) is 8.57. The molecule has 10 heteroatoms. The number of hydrogen-bond donors (Lipinski definition) is 2. The summed E-state index contributed by atoms with van der Waals surface area (Å²) in [7, 11) is -2.69. The molecular weight excluding hydrogens is 454 g/mol. The topological polar surface area (TPSA) is 105 Å². The lowest BCUT2D eigenvalue weighted by atomic mass is 10.2. The van der Waals surface area contributed by atoms with Crippen molar-refractivity contribution in [1.82, 2.24) is 10.6 Å². The summed E-state index contributed by atoms with van der Waals surface area (Å²) in [6.07, 6.45) is 6.50. The zero-order valence-electron chi connectivity index (χ0n) is 17.3. The van der Waals surface area contributed by atoms with Crippen LogP contribution in [0.15, 0.2) is 60.0 Å². The molecule has 0 aliphatic rings. The summed E-state index contributed by atoms with van der Waals surface area (Å²) < 4.78 is 33.3. The van der Waals surface area contributed by atoms with E-state index in [-0.39, 0.29) is 35.1 Å². The summed E-state index contributed by atoms with van der Waals surface area (Å²) in [6.45, 7) is 3.26. The van der Waals surface area contributed by atoms with E-state index in [2.05, 4.69) is 23.1 Å². The first kappa shape index (κ1) is 24.8. The Morgan fingerprint density at radius 2 is 1.97 bits per heavy atom. The van der Waals surface area contributed by atoms with Gasteiger partial charge in [-0.2, -0.15) is 0 Å². The number of para-hydroxylation sites is 2. The summed E-state index contributed by atoms with van der Waals surface area (Å²) in [6, 6.07) is 10.4. The van der Waals surface area contributed by atoms with E-state index in [4.69, 9.17) is 22.8 Å². The molecule has 0 unspecified atom stereocenters. The zero-order chi connectivity index (χ0) is 23.7. The Kier molecular flexibility index (Phi) is 8.70. The molecule has 0 aliphatic carbocycles. The summed E-state index contributed by atoms with van der Waals surface area (Å²) in [5, 5.41) is 4.81. The average molecular weight is 476 g/mol. The molecule has 0 heterocycles. The number of nitrogens with zero attached hydrogens (tertiary/aromatic N) is 1. The zero-order valence-corrected chi connectivity index (χ0v) is 18.9. The quantitative estimate of drug-likeness (QED) is 0.405. The van der Waals surface area contributed by atoms with Gasteiger partial charge in [0.1, 0.15) is 5.75 Å². The standard InChI is InChI=1S/C22H22ClN3O5S/c1-4-12-24-21(27)15-25-22(28)17-14-16(10-11-18(17)23)32(29,30)26(13-5-2)19-8-6-7-9-20(19)31-3/h1,5-11,14H,2,12-13,15H2,3H3,(H,24,27)(H,25,28). The Morgan fingerprint density at radius 1 is 1.25 bits per heavy atom. The molecule has 0 aliphatic heterocycles. The van der Waals surface area contributed by atoms with Gasteiger partial charge in [0.25, 0.3) is 15.9 Å². The van der Waals surface area contributed by atoms with Crippen molar-refractivity contribution in [3.05, 3.63) is 65.7 Å². The molecule has 0 saturated carbocycles. The van der Waals surface area contributed by atoms with Gasteiger partial charge in [0.2, 0.25) is 5.91 Å². The molecular formula is C22H22ClN3O5S. The van der Waals surface area contributed by atoms with Crippen LogP contribution in [0.25, 0.3) is 0 Å². The Bertz CT molecular complexity index is 1160. The molecule has 0 bridgehead atoms. The van der Waals surface area contributed by atoms with E-state index >= 15 is 0 Å². The second kappa shape index (κ2) is 11.2. The highest BCUT2D eigenvalue weighted by molar-refractivity contribution is 7.92. The van der Waals surface area contributed by atoms with Crippen LogP contribution in [0.4, 0.5) is 5.69 Å². The average Bonchev–Trinajstić information content (AvgIpc) is 2.79. The molecule has 0 aromatic heterocycles. The summed E-state index contributed by atoms with van der Waals surface area (Å²) in [5.41, 5.74) is 0.206. The van der Waals surface area contributed by atoms with Crippen LogP contribution in [-0.2, 0) is 14.8 Å². The third-order valence-electron chi connectivity index (χ3n) is 4.22. The number of hydrogen-bond acceptors (Lipinski definition) is 5. The summed E-state index contributed by atoms with van der Waals surface area (Å²) in [5.74, 6) is 1.38. The van der Waals surface area contributed by atoms with Crippen LogP contribution >= 0.6 is 11.6 Å². The maximum Gasteiger partial charge on any atom is 0.264 e. The molecule has 0 spiro atoms. The first-order valence-corrected chi connectivity index (χ1v) is 11.1. The predicted molar refractivity (Wildman–Crippen MR) is 123 cm³/mol. The number of carbonyl (C=O) groups excluding carboxylic acids is 2. The molecule has 32 heavy (non-hydrogen) atoms. The largest absolute Gasteiger partial charge is 0.495 e. The number of benzene rings is 2. The lowest BCUT2D eigenvalue weighted by molar-refractivity contribution is -0.119. The Labute approximate surface area is 192 Å². The fraction of sp³-hybridized carbons (Fsp3) is 0.182. The third-order valence-corrected chi connectivity index (χ3v) is 6.32. The normalized spacial score (nSPS) is 10.5. The Morgan fingerprint density at radius 3 is 2.62 bits per heavy atom. The van der Waals surface area contributed by atoms with E-state index in [0.29, 0.717) is 11.4 Å². The van der Waals surface area contributed by atoms with E-state index < -0.39 is 21.8 Å². The van der Waals surface area contributed by atoms with Crippen LogP contribution in [0, 0.1) is 12.3 Å². The molecule has 2 amide bonds. The van der Waals surface area contributed by atoms with Crippen molar-refractivity contribution in [2.45, 2.75) is 4.90 Å². The van der Waals surface area contributed by atoms with Crippen LogP contribution in [0.1, 0.15) is 10.4 Å². The number of terminal acetylenes is 1. The molecule has 0 saturated heterocycles. The number of methoxy groups -OCH3 is 1. The molecule has 2 rings (SSSR count). The van der Waals surface area contributed by atoms with Gasteiger partial charge in [-0.05, 0) is 30.3 Å². The van der Waals surface area contributed by atoms with E-state index in [0.717, 1.165) is 10.4 Å². The minimum Gasteiger partial charge on any atom is -0.495 e. The van der Waals surface area contributed by atoms with Gasteiger partial charge in [0, 0.05) is 0 Å². The van der Waals surface area contributed by atoms with Crippen molar-refractivity contribution in [3.8, 4) is 18.1 Å². The highest BCUT2D eigenvalue weighted by Crippen LogP contribution is 2.33. The lowest BCUT2D eigenvalue weighted by Crippen LogP contribution is -2.37. The minimum atomic E-state index is -4.12. The van der Waals surface area contributed by atoms with Crippen LogP contribution < -0.4 is 19.7 Å². The van der Waals surface area contributed by atoms with Gasteiger partial charge in [-0.3, -0.25) is 13.9 Å². The van der Waals surface area contributed by atoms with E-state index in [1.165, 1.54) is 25.3 Å². The number of halogens is 1. The first-order valence-electron chi connectivity index (χ1n) is 9.30. The molecule has 0 atom stereocenters. The fourth-order valence-corrected chi connectivity index (χ4v) is 4.39. The van der Waals surface area contributed by atoms with Gasteiger partial charge < -0.3 is 15.4 Å². The summed E-state index contributed by atoms with van der Waals surface area (Å²) >= 11 is 6.11. The van der Waals surface area contributed by atoms with Crippen LogP contribution in [-0.4, -0.2) is 47.0 Å². The van der Waals surface area contributed by atoms with E-state index in [1.807, 2.05) is 0 Å². The predicted octanol–water partition coefficient (Wildman–Crippen LogP) is 2.21. The number of nitrogens with one attached hydrogen (secondary N) is 2. The molecule has 2 aromatic carbocycles. The number of carbonyl (C=O) groups is 2. The van der Waals surface area contributed by atoms with Crippen LogP contribution in [0.5, 0.6) is 5.75 Å². The van der Waals surface area contributed by atoms with Crippen molar-refractivity contribution in [3.63, 3.8) is 0 Å². The van der Waals surface area contributed by atoms with Crippen molar-refractivity contribution in [1.29, 1.82) is 0 Å². The van der Waals surface area contributed by atoms with Gasteiger partial charge in [0.05, 0.1) is 47.9 Å². The third kappa shape index (κ3) is 5.81. The Balaban J connectivity index is 2.39. The van der Waals surface area contributed by atoms with Gasteiger partial charge in [-0.25, -0.2) is 8.42 Å². The van der Waals surface area contributed by atoms with Crippen LogP contribution in [0.3, 0.4) is 0 Å². The van der Waals surface area contributed by atoms with Gasteiger partial charge in [-0.1, -0.05) is 35.7 Å². The van der Waals surface area contributed by atoms with Gasteiger partial charge in [0.15, 0.2) is 0 Å². The molecule has 0 radical (unpaired) electrons. The van der Waals surface area contributed by atoms with Gasteiger partial charge in [-0.15, -0.1) is 13.0 Å². The highest BCUT2D eigenvalue weighted by atomic mass is 35.5. The second-order valence-electron chi connectivity index (χ2n) is 6.30. The first-order chi connectivity index (χ1) is 15.3. The monoisotopic (exact) mass is 475 g/mol. The molecule has 2 aromatic rings. The molecule has 8 nitrogen and oxygen atoms in total. The van der Waals surface area contributed by atoms with Crippen molar-refractivity contribution in [2.75, 3.05) is 31.0 Å². The number of anilines is 1. The number of amides is 2. The minimum absolute atomic E-state index is 0.0191. The van der Waals surface area contributed by atoms with Crippen molar-refractivity contribution in [2.24, 2.45) is 0 Å². The lowest BCUT2D eigenvalue weighted by Gasteiger charge is -2.25. The number of sulfonamides is 1. The van der Waals surface area contributed by atoms with E-state index in [9.17, 15) is 18.0 Å². The highest BCUT2D eigenvalue weighted by Gasteiger charge is 2.28. The van der Waals surface area contributed by atoms with Crippen LogP contribution in [0.2, 0.25) is 5.02 Å². The molecule has 168 valence electrons. The maximum atomic E-state index is 13.4. The number of ether oxygens (including phenoxy) is 1. The SMILES string of the molecule is C#CCNC(=O)CNC(=O)c1cc(S(=O)(=O)N(CC=C)c2ccccc2OC)ccc1Cl. The Hall–Kier alpha value is -3.48. The maximum absolute atomic E-state index is 13.4. The van der Waals surface area contributed by atoms with E-state index in [1.54, 1.807) is 24.3 Å². The molecule has 0 fully saturated rings. The molecule has 2 N–H and O–H groups in total. The number of rotatable bonds is 10. The summed E-state index contributed by atoms with van der Waals surface area (Å²) in [4.78, 5) is 24.0.